The number of aryl methyl sites for hydroxylation is 2. The summed E-state index contributed by atoms with van der Waals surface area (Å²) in [6.07, 6.45) is 4.69. The predicted octanol–water partition coefficient (Wildman–Crippen LogP) is 5.51. The molecule has 254 valence electrons. The fraction of sp³-hybridized carbons (Fsp3) is 0.417. The summed E-state index contributed by atoms with van der Waals surface area (Å²) in [6, 6.07) is 15.6. The lowest BCUT2D eigenvalue weighted by atomic mass is 10.1. The number of ether oxygens (including phenoxy) is 1. The SMILES string of the molecule is CC(=O)NCCCCc1cc(-c2ccc3cnc(CNC(=O)c4ccc(C)c(OSN(C)C)c4)cc3n2)nc(N2CC(C)OC(C)C2)c1. The number of benzene rings is 1. The second-order valence-corrected chi connectivity index (χ2v) is 13.6. The molecule has 1 aliphatic heterocycles. The van der Waals surface area contributed by atoms with Crippen LogP contribution in [-0.2, 0) is 22.5 Å². The minimum absolute atomic E-state index is 0.00691. The van der Waals surface area contributed by atoms with Gasteiger partial charge in [0.1, 0.15) is 23.8 Å². The molecule has 1 fully saturated rings. The minimum atomic E-state index is -0.212. The number of carbonyl (C=O) groups excluding carboxylic acids is 2. The molecular weight excluding hydrogens is 627 g/mol. The number of nitrogens with zero attached hydrogens (tertiary/aromatic N) is 5. The largest absolute Gasteiger partial charge is 0.409 e. The van der Waals surface area contributed by atoms with E-state index in [1.54, 1.807) is 25.3 Å². The van der Waals surface area contributed by atoms with Crippen molar-refractivity contribution in [2.45, 2.75) is 65.7 Å². The highest BCUT2D eigenvalue weighted by Gasteiger charge is 2.24. The second-order valence-electron chi connectivity index (χ2n) is 12.5. The lowest BCUT2D eigenvalue weighted by molar-refractivity contribution is -0.118. The average Bonchev–Trinajstić information content (AvgIpc) is 3.05. The molecule has 0 saturated carbocycles. The van der Waals surface area contributed by atoms with Gasteiger partial charge in [0.05, 0.1) is 41.4 Å². The fourth-order valence-electron chi connectivity index (χ4n) is 5.61. The second kappa shape index (κ2) is 16.2. The topological polar surface area (TPSA) is 122 Å². The van der Waals surface area contributed by atoms with Crippen molar-refractivity contribution in [3.63, 3.8) is 0 Å². The van der Waals surface area contributed by atoms with Crippen LogP contribution in [0.15, 0.2) is 54.7 Å². The molecular formula is C36H45N7O4S. The van der Waals surface area contributed by atoms with Gasteiger partial charge in [0.2, 0.25) is 5.91 Å². The summed E-state index contributed by atoms with van der Waals surface area (Å²) in [6.45, 7) is 10.1. The first-order valence-corrected chi connectivity index (χ1v) is 17.1. The predicted molar refractivity (Wildman–Crippen MR) is 191 cm³/mol. The molecule has 0 spiro atoms. The quantitative estimate of drug-likeness (QED) is 0.107. The van der Waals surface area contributed by atoms with Crippen molar-refractivity contribution in [2.75, 3.05) is 38.6 Å². The number of aromatic nitrogens is 3. The van der Waals surface area contributed by atoms with Gasteiger partial charge in [-0.2, -0.15) is 0 Å². The highest BCUT2D eigenvalue weighted by molar-refractivity contribution is 7.92. The molecule has 12 heteroatoms. The summed E-state index contributed by atoms with van der Waals surface area (Å²) in [4.78, 5) is 41.3. The minimum Gasteiger partial charge on any atom is -0.409 e. The number of pyridine rings is 3. The summed E-state index contributed by atoms with van der Waals surface area (Å²) >= 11 is 1.20. The molecule has 2 amide bonds. The smallest absolute Gasteiger partial charge is 0.251 e. The molecule has 0 radical (unpaired) electrons. The number of fused-ring (bicyclic) bond motifs is 1. The number of carbonyl (C=O) groups is 2. The normalized spacial score (nSPS) is 16.3. The van der Waals surface area contributed by atoms with E-state index in [9.17, 15) is 9.59 Å². The summed E-state index contributed by atoms with van der Waals surface area (Å²) in [7, 11) is 3.78. The van der Waals surface area contributed by atoms with Crippen LogP contribution in [0.2, 0.25) is 0 Å². The van der Waals surface area contributed by atoms with E-state index in [1.165, 1.54) is 17.8 Å². The summed E-state index contributed by atoms with van der Waals surface area (Å²) in [5.41, 5.74) is 5.67. The Hall–Kier alpha value is -4.26. The molecule has 3 aromatic heterocycles. The van der Waals surface area contributed by atoms with Crippen LogP contribution in [-0.4, -0.2) is 77.0 Å². The zero-order valence-corrected chi connectivity index (χ0v) is 29.4. The van der Waals surface area contributed by atoms with Crippen molar-refractivity contribution in [1.82, 2.24) is 29.9 Å². The van der Waals surface area contributed by atoms with Crippen LogP contribution in [0.25, 0.3) is 22.3 Å². The van der Waals surface area contributed by atoms with E-state index in [1.807, 2.05) is 49.6 Å². The Kier molecular flexibility index (Phi) is 11.9. The number of amides is 2. The van der Waals surface area contributed by atoms with Crippen molar-refractivity contribution in [2.24, 2.45) is 0 Å². The Morgan fingerprint density at radius 2 is 1.79 bits per heavy atom. The molecule has 4 aromatic rings. The van der Waals surface area contributed by atoms with E-state index in [4.69, 9.17) is 18.9 Å². The van der Waals surface area contributed by atoms with Crippen LogP contribution in [0.1, 0.15) is 60.8 Å². The first-order valence-electron chi connectivity index (χ1n) is 16.4. The average molecular weight is 672 g/mol. The van der Waals surface area contributed by atoms with Crippen LogP contribution in [0.4, 0.5) is 5.82 Å². The lowest BCUT2D eigenvalue weighted by Gasteiger charge is -2.36. The molecule has 2 atom stereocenters. The number of unbranched alkanes of at least 4 members (excludes halogenated alkanes) is 1. The van der Waals surface area contributed by atoms with Crippen LogP contribution in [0.5, 0.6) is 5.75 Å². The Bertz CT molecular complexity index is 1740. The van der Waals surface area contributed by atoms with Gasteiger partial charge in [-0.1, -0.05) is 6.07 Å². The number of anilines is 1. The highest BCUT2D eigenvalue weighted by Crippen LogP contribution is 2.28. The molecule has 0 bridgehead atoms. The van der Waals surface area contributed by atoms with E-state index in [-0.39, 0.29) is 30.6 Å². The number of morpholine rings is 1. The number of nitrogens with one attached hydrogen (secondary N) is 2. The molecule has 0 aliphatic carbocycles. The zero-order chi connectivity index (χ0) is 34.2. The maximum atomic E-state index is 13.0. The maximum Gasteiger partial charge on any atom is 0.251 e. The monoisotopic (exact) mass is 671 g/mol. The Morgan fingerprint density at radius 3 is 2.54 bits per heavy atom. The number of hydrogen-bond acceptors (Lipinski definition) is 10. The molecule has 4 heterocycles. The van der Waals surface area contributed by atoms with Gasteiger partial charge >= 0.3 is 0 Å². The first-order chi connectivity index (χ1) is 23.0. The Labute approximate surface area is 287 Å². The van der Waals surface area contributed by atoms with Gasteiger partial charge in [-0.05, 0) is 93.6 Å². The summed E-state index contributed by atoms with van der Waals surface area (Å²) < 4.78 is 13.6. The third-order valence-corrected chi connectivity index (χ3v) is 8.48. The molecule has 1 aliphatic rings. The number of hydrogen-bond donors (Lipinski definition) is 2. The highest BCUT2D eigenvalue weighted by atomic mass is 32.2. The van der Waals surface area contributed by atoms with Gasteiger partial charge in [-0.3, -0.25) is 14.6 Å². The van der Waals surface area contributed by atoms with Crippen molar-refractivity contribution in [3.8, 4) is 17.1 Å². The van der Waals surface area contributed by atoms with E-state index in [0.29, 0.717) is 23.6 Å². The van der Waals surface area contributed by atoms with Crippen molar-refractivity contribution >= 4 is 40.8 Å². The number of rotatable bonds is 13. The van der Waals surface area contributed by atoms with Gasteiger partial charge in [0.25, 0.3) is 5.91 Å². The molecule has 1 aromatic carbocycles. The van der Waals surface area contributed by atoms with E-state index in [0.717, 1.165) is 66.0 Å². The van der Waals surface area contributed by atoms with Crippen molar-refractivity contribution in [1.29, 1.82) is 0 Å². The Morgan fingerprint density at radius 1 is 1.00 bits per heavy atom. The molecule has 2 N–H and O–H groups in total. The fourth-order valence-corrected chi connectivity index (χ4v) is 6.02. The van der Waals surface area contributed by atoms with Gasteiger partial charge in [0, 0.05) is 57.8 Å². The maximum absolute atomic E-state index is 13.0. The Balaban J connectivity index is 1.35. The third kappa shape index (κ3) is 9.65. The molecule has 1 saturated heterocycles. The first kappa shape index (κ1) is 35.1. The standard InChI is InChI=1S/C36H45N7O4S/c1-23-10-11-28(17-34(23)47-48-42(5)6)36(45)39-20-30-18-32-29(19-38-30)12-13-31(40-32)33-15-27(9-7-8-14-37-26(4)44)16-35(41-33)43-21-24(2)46-25(3)22-43/h10-13,15-19,24-25H,7-9,14,20-22H2,1-6H3,(H,37,44)(H,39,45). The van der Waals surface area contributed by atoms with Crippen LogP contribution in [0.3, 0.4) is 0 Å². The van der Waals surface area contributed by atoms with Crippen LogP contribution < -0.4 is 19.7 Å². The third-order valence-electron chi connectivity index (χ3n) is 7.93. The van der Waals surface area contributed by atoms with Gasteiger partial charge in [-0.25, -0.2) is 14.3 Å². The van der Waals surface area contributed by atoms with E-state index < -0.39 is 0 Å². The van der Waals surface area contributed by atoms with Crippen LogP contribution in [0, 0.1) is 6.92 Å². The molecule has 48 heavy (non-hydrogen) atoms. The molecule has 2 unspecified atom stereocenters. The van der Waals surface area contributed by atoms with E-state index >= 15 is 0 Å². The summed E-state index contributed by atoms with van der Waals surface area (Å²) in [5, 5.41) is 6.76. The van der Waals surface area contributed by atoms with Crippen molar-refractivity contribution < 1.29 is 18.5 Å². The van der Waals surface area contributed by atoms with Gasteiger partial charge < -0.3 is 24.5 Å². The zero-order valence-electron chi connectivity index (χ0n) is 28.6. The van der Waals surface area contributed by atoms with Crippen LogP contribution >= 0.6 is 12.2 Å². The van der Waals surface area contributed by atoms with Gasteiger partial charge in [-0.15, -0.1) is 0 Å². The molecule has 11 nitrogen and oxygen atoms in total. The van der Waals surface area contributed by atoms with E-state index in [2.05, 4.69) is 46.5 Å². The summed E-state index contributed by atoms with van der Waals surface area (Å²) in [5.74, 6) is 1.34. The van der Waals surface area contributed by atoms with Crippen molar-refractivity contribution in [3.05, 3.63) is 77.1 Å². The lowest BCUT2D eigenvalue weighted by Crippen LogP contribution is -2.45. The molecule has 5 rings (SSSR count). The van der Waals surface area contributed by atoms with Gasteiger partial charge in [0.15, 0.2) is 0 Å².